The Morgan fingerprint density at radius 2 is 2.30 bits per heavy atom. The van der Waals surface area contributed by atoms with E-state index in [1.54, 1.807) is 0 Å². The lowest BCUT2D eigenvalue weighted by Gasteiger charge is -2.24. The lowest BCUT2D eigenvalue weighted by molar-refractivity contribution is 0.327. The van der Waals surface area contributed by atoms with E-state index < -0.39 is 0 Å². The van der Waals surface area contributed by atoms with Crippen LogP contribution >= 0.6 is 11.8 Å². The minimum absolute atomic E-state index is 0.966. The lowest BCUT2D eigenvalue weighted by Crippen LogP contribution is -2.25. The summed E-state index contributed by atoms with van der Waals surface area (Å²) >= 11 is 2.12. The van der Waals surface area contributed by atoms with Gasteiger partial charge >= 0.3 is 0 Å². The summed E-state index contributed by atoms with van der Waals surface area (Å²) in [5.74, 6) is 3.75. The Labute approximate surface area is 68.2 Å². The van der Waals surface area contributed by atoms with Crippen molar-refractivity contribution in [3.63, 3.8) is 0 Å². The van der Waals surface area contributed by atoms with Gasteiger partial charge in [0.05, 0.1) is 0 Å². The zero-order valence-electron chi connectivity index (χ0n) is 6.97. The molecule has 1 heterocycles. The third-order valence-electron chi connectivity index (χ3n) is 1.88. The van der Waals surface area contributed by atoms with Crippen LogP contribution in [-0.4, -0.2) is 37.0 Å². The highest BCUT2D eigenvalue weighted by molar-refractivity contribution is 7.99. The van der Waals surface area contributed by atoms with Gasteiger partial charge in [0.2, 0.25) is 0 Å². The molecule has 0 bridgehead atoms. The van der Waals surface area contributed by atoms with E-state index in [4.69, 9.17) is 0 Å². The number of rotatable bonds is 2. The van der Waals surface area contributed by atoms with Gasteiger partial charge in [-0.05, 0) is 44.4 Å². The van der Waals surface area contributed by atoms with Crippen molar-refractivity contribution < 1.29 is 0 Å². The second-order valence-corrected chi connectivity index (χ2v) is 4.50. The predicted molar refractivity (Wildman–Crippen MR) is 48.6 cm³/mol. The van der Waals surface area contributed by atoms with Crippen molar-refractivity contribution in [2.45, 2.75) is 12.8 Å². The molecule has 1 nitrogen and oxygen atoms in total. The first-order chi connectivity index (χ1) is 4.79. The topological polar surface area (TPSA) is 3.24 Å². The fourth-order valence-corrected chi connectivity index (χ4v) is 2.61. The fourth-order valence-electron chi connectivity index (χ4n) is 1.47. The first-order valence-electron chi connectivity index (χ1n) is 4.01. The molecule has 60 valence electrons. The van der Waals surface area contributed by atoms with E-state index >= 15 is 0 Å². The van der Waals surface area contributed by atoms with Gasteiger partial charge < -0.3 is 4.90 Å². The molecular formula is C8H17NS. The Morgan fingerprint density at radius 1 is 1.50 bits per heavy atom. The molecule has 0 N–H and O–H groups in total. The van der Waals surface area contributed by atoms with Gasteiger partial charge in [0.25, 0.3) is 0 Å². The molecule has 0 aromatic heterocycles. The van der Waals surface area contributed by atoms with E-state index in [0.29, 0.717) is 0 Å². The first kappa shape index (κ1) is 8.41. The molecule has 0 spiro atoms. The summed E-state index contributed by atoms with van der Waals surface area (Å²) < 4.78 is 0. The molecule has 0 radical (unpaired) electrons. The van der Waals surface area contributed by atoms with E-state index in [2.05, 4.69) is 30.8 Å². The molecule has 0 amide bonds. The predicted octanol–water partition coefficient (Wildman–Crippen LogP) is 1.69. The van der Waals surface area contributed by atoms with Crippen LogP contribution in [0.15, 0.2) is 0 Å². The molecule has 1 rings (SSSR count). The van der Waals surface area contributed by atoms with Gasteiger partial charge in [0, 0.05) is 6.54 Å². The minimum atomic E-state index is 0.966. The Balaban J connectivity index is 2.13. The molecule has 1 unspecified atom stereocenters. The Kier molecular flexibility index (Phi) is 3.57. The first-order valence-corrected chi connectivity index (χ1v) is 5.17. The molecule has 1 fully saturated rings. The molecular weight excluding hydrogens is 142 g/mol. The molecule has 0 saturated carbocycles. The Morgan fingerprint density at radius 3 is 2.80 bits per heavy atom. The molecule has 1 aliphatic heterocycles. The van der Waals surface area contributed by atoms with E-state index in [1.165, 1.54) is 30.9 Å². The van der Waals surface area contributed by atoms with Crippen molar-refractivity contribution in [3.8, 4) is 0 Å². The maximum atomic E-state index is 2.30. The van der Waals surface area contributed by atoms with Gasteiger partial charge in [-0.1, -0.05) is 0 Å². The molecule has 10 heavy (non-hydrogen) atoms. The second-order valence-electron chi connectivity index (χ2n) is 3.35. The standard InChI is InChI=1S/C8H17NS/c1-9(2)6-8-4-3-5-10-7-8/h8H,3-7H2,1-2H3. The summed E-state index contributed by atoms with van der Waals surface area (Å²) in [4.78, 5) is 2.30. The van der Waals surface area contributed by atoms with Crippen LogP contribution in [0.1, 0.15) is 12.8 Å². The highest BCUT2D eigenvalue weighted by Gasteiger charge is 2.13. The largest absolute Gasteiger partial charge is 0.309 e. The molecule has 0 aromatic rings. The molecule has 1 aliphatic rings. The Bertz CT molecular complexity index is 87.3. The van der Waals surface area contributed by atoms with Crippen molar-refractivity contribution in [1.82, 2.24) is 4.90 Å². The number of nitrogens with zero attached hydrogens (tertiary/aromatic N) is 1. The molecule has 2 heteroatoms. The fraction of sp³-hybridized carbons (Fsp3) is 1.00. The Hall–Kier alpha value is 0.310. The third-order valence-corrected chi connectivity index (χ3v) is 3.16. The highest BCUT2D eigenvalue weighted by Crippen LogP contribution is 2.22. The van der Waals surface area contributed by atoms with E-state index in [0.717, 1.165) is 5.92 Å². The summed E-state index contributed by atoms with van der Waals surface area (Å²) in [7, 11) is 4.33. The van der Waals surface area contributed by atoms with Gasteiger partial charge in [-0.2, -0.15) is 11.8 Å². The number of hydrogen-bond donors (Lipinski definition) is 0. The van der Waals surface area contributed by atoms with E-state index in [-0.39, 0.29) is 0 Å². The van der Waals surface area contributed by atoms with E-state index in [9.17, 15) is 0 Å². The maximum absolute atomic E-state index is 2.30. The number of hydrogen-bond acceptors (Lipinski definition) is 2. The normalized spacial score (nSPS) is 27.3. The van der Waals surface area contributed by atoms with Gasteiger partial charge in [-0.3, -0.25) is 0 Å². The summed E-state index contributed by atoms with van der Waals surface area (Å²) in [6.07, 6.45) is 2.88. The van der Waals surface area contributed by atoms with Crippen LogP contribution in [0.4, 0.5) is 0 Å². The second kappa shape index (κ2) is 4.24. The minimum Gasteiger partial charge on any atom is -0.309 e. The monoisotopic (exact) mass is 159 g/mol. The molecule has 1 atom stereocenters. The van der Waals surface area contributed by atoms with Crippen molar-refractivity contribution in [2.24, 2.45) is 5.92 Å². The smallest absolute Gasteiger partial charge is 0.00115 e. The van der Waals surface area contributed by atoms with Crippen LogP contribution < -0.4 is 0 Å². The number of thioether (sulfide) groups is 1. The van der Waals surface area contributed by atoms with Gasteiger partial charge in [-0.15, -0.1) is 0 Å². The lowest BCUT2D eigenvalue weighted by atomic mass is 10.1. The van der Waals surface area contributed by atoms with Crippen molar-refractivity contribution in [2.75, 3.05) is 32.1 Å². The van der Waals surface area contributed by atoms with Crippen molar-refractivity contribution >= 4 is 11.8 Å². The van der Waals surface area contributed by atoms with Crippen LogP contribution in [0.25, 0.3) is 0 Å². The summed E-state index contributed by atoms with van der Waals surface area (Å²) in [6, 6.07) is 0. The zero-order valence-corrected chi connectivity index (χ0v) is 7.78. The average Bonchev–Trinajstić information content (AvgIpc) is 1.88. The van der Waals surface area contributed by atoms with Gasteiger partial charge in [0.15, 0.2) is 0 Å². The zero-order chi connectivity index (χ0) is 7.40. The molecule has 1 saturated heterocycles. The van der Waals surface area contributed by atoms with Crippen LogP contribution in [-0.2, 0) is 0 Å². The van der Waals surface area contributed by atoms with Crippen LogP contribution in [0, 0.1) is 5.92 Å². The maximum Gasteiger partial charge on any atom is 0.00115 e. The van der Waals surface area contributed by atoms with Gasteiger partial charge in [-0.25, -0.2) is 0 Å². The quantitative estimate of drug-likeness (QED) is 0.603. The summed E-state index contributed by atoms with van der Waals surface area (Å²) in [5, 5.41) is 0. The van der Waals surface area contributed by atoms with Crippen LogP contribution in [0.5, 0.6) is 0 Å². The van der Waals surface area contributed by atoms with Crippen LogP contribution in [0.3, 0.4) is 0 Å². The molecule has 0 aromatic carbocycles. The SMILES string of the molecule is CN(C)CC1CCCSC1. The van der Waals surface area contributed by atoms with Crippen molar-refractivity contribution in [3.05, 3.63) is 0 Å². The average molecular weight is 159 g/mol. The van der Waals surface area contributed by atoms with Gasteiger partial charge in [0.1, 0.15) is 0 Å². The van der Waals surface area contributed by atoms with Crippen molar-refractivity contribution in [1.29, 1.82) is 0 Å². The summed E-state index contributed by atoms with van der Waals surface area (Å²) in [6.45, 7) is 1.28. The van der Waals surface area contributed by atoms with E-state index in [1.807, 2.05) is 0 Å². The highest BCUT2D eigenvalue weighted by atomic mass is 32.2. The third kappa shape index (κ3) is 2.93. The van der Waals surface area contributed by atoms with Crippen LogP contribution in [0.2, 0.25) is 0 Å². The summed E-state index contributed by atoms with van der Waals surface area (Å²) in [5.41, 5.74) is 0. The molecule has 0 aliphatic carbocycles.